The van der Waals surface area contributed by atoms with E-state index in [0.717, 1.165) is 29.7 Å². The van der Waals surface area contributed by atoms with Gasteiger partial charge in [-0.3, -0.25) is 9.69 Å². The van der Waals surface area contributed by atoms with Gasteiger partial charge < -0.3 is 4.74 Å². The highest BCUT2D eigenvalue weighted by atomic mass is 35.5. The van der Waals surface area contributed by atoms with Crippen molar-refractivity contribution < 1.29 is 9.53 Å². The molecular weight excluding hydrogens is 388 g/mol. The lowest BCUT2D eigenvalue weighted by molar-refractivity contribution is -0.120. The molecule has 29 heavy (non-hydrogen) atoms. The van der Waals surface area contributed by atoms with Gasteiger partial charge in [0.15, 0.2) is 0 Å². The molecule has 0 radical (unpaired) electrons. The van der Waals surface area contributed by atoms with E-state index in [0.29, 0.717) is 17.4 Å². The Labute approximate surface area is 174 Å². The van der Waals surface area contributed by atoms with E-state index in [1.807, 2.05) is 58.1 Å². The van der Waals surface area contributed by atoms with Crippen molar-refractivity contribution >= 4 is 23.5 Å². The van der Waals surface area contributed by atoms with Crippen LogP contribution in [0.3, 0.4) is 0 Å². The fourth-order valence-electron chi connectivity index (χ4n) is 4.14. The number of carbonyl (C=O) groups excluding carboxylic acids is 1. The van der Waals surface area contributed by atoms with Crippen molar-refractivity contribution in [3.63, 3.8) is 0 Å². The molecule has 2 atom stereocenters. The maximum Gasteiger partial charge on any atom is 0.233 e. The molecule has 1 aliphatic heterocycles. The van der Waals surface area contributed by atoms with Gasteiger partial charge in [0.2, 0.25) is 11.9 Å². The van der Waals surface area contributed by atoms with Gasteiger partial charge in [-0.25, -0.2) is 4.68 Å². The van der Waals surface area contributed by atoms with E-state index in [4.69, 9.17) is 16.3 Å². The number of benzene rings is 2. The lowest BCUT2D eigenvalue weighted by Gasteiger charge is -2.39. The van der Waals surface area contributed by atoms with Crippen LogP contribution < -0.4 is 9.64 Å². The number of hydrogen-bond donors (Lipinski definition) is 0. The molecule has 2 unspecified atom stereocenters. The average molecular weight is 409 g/mol. The highest BCUT2D eigenvalue weighted by molar-refractivity contribution is 6.30. The molecule has 1 amide bonds. The lowest BCUT2D eigenvalue weighted by Crippen LogP contribution is -2.43. The van der Waals surface area contributed by atoms with Crippen LogP contribution in [0.15, 0.2) is 54.9 Å². The highest BCUT2D eigenvalue weighted by Crippen LogP contribution is 2.46. The van der Waals surface area contributed by atoms with Crippen LogP contribution in [0.4, 0.5) is 5.95 Å². The Balaban J connectivity index is 1.64. The summed E-state index contributed by atoms with van der Waals surface area (Å²) in [5, 5.41) is 5.15. The van der Waals surface area contributed by atoms with E-state index in [1.54, 1.807) is 7.11 Å². The summed E-state index contributed by atoms with van der Waals surface area (Å²) in [6.07, 6.45) is 4.07. The number of para-hydroxylation sites is 1. The molecule has 3 aromatic rings. The van der Waals surface area contributed by atoms with Crippen molar-refractivity contribution in [2.75, 3.05) is 12.0 Å². The van der Waals surface area contributed by atoms with Crippen LogP contribution in [0.1, 0.15) is 42.5 Å². The number of carbonyl (C=O) groups is 1. The van der Waals surface area contributed by atoms with Gasteiger partial charge in [-0.05, 0) is 43.0 Å². The van der Waals surface area contributed by atoms with Gasteiger partial charge in [-0.1, -0.05) is 41.9 Å². The predicted octanol–water partition coefficient (Wildman–Crippen LogP) is 4.42. The van der Waals surface area contributed by atoms with Crippen LogP contribution in [-0.4, -0.2) is 27.8 Å². The first-order valence-corrected chi connectivity index (χ1v) is 10.2. The lowest BCUT2D eigenvalue weighted by atomic mass is 9.91. The van der Waals surface area contributed by atoms with Crippen LogP contribution in [0, 0.1) is 5.92 Å². The number of rotatable bonds is 4. The number of hydrogen-bond acceptors (Lipinski definition) is 4. The van der Waals surface area contributed by atoms with Crippen molar-refractivity contribution in [1.29, 1.82) is 0 Å². The summed E-state index contributed by atoms with van der Waals surface area (Å²) >= 11 is 6.11. The molecule has 0 saturated heterocycles. The summed E-state index contributed by atoms with van der Waals surface area (Å²) < 4.78 is 7.46. The van der Waals surface area contributed by atoms with E-state index in [1.165, 1.54) is 6.33 Å². The summed E-state index contributed by atoms with van der Waals surface area (Å²) in [6.45, 7) is 0. The Morgan fingerprint density at radius 3 is 2.59 bits per heavy atom. The zero-order valence-electron chi connectivity index (χ0n) is 16.0. The van der Waals surface area contributed by atoms with E-state index >= 15 is 0 Å². The molecule has 5 rings (SSSR count). The molecule has 1 fully saturated rings. The molecule has 2 aliphatic rings. The fourth-order valence-corrected chi connectivity index (χ4v) is 4.27. The second kappa shape index (κ2) is 7.19. The van der Waals surface area contributed by atoms with Gasteiger partial charge in [0.25, 0.3) is 0 Å². The second-order valence-corrected chi connectivity index (χ2v) is 7.98. The number of methoxy groups -OCH3 is 1. The molecule has 7 heteroatoms. The molecule has 0 spiro atoms. The van der Waals surface area contributed by atoms with Gasteiger partial charge in [-0.15, -0.1) is 0 Å². The maximum atomic E-state index is 13.2. The molecule has 148 valence electrons. The number of fused-ring (bicyclic) bond motifs is 1. The minimum atomic E-state index is -0.146. The first-order chi connectivity index (χ1) is 14.2. The smallest absolute Gasteiger partial charge is 0.233 e. The minimum Gasteiger partial charge on any atom is -0.496 e. The van der Waals surface area contributed by atoms with Crippen molar-refractivity contribution in [3.8, 4) is 5.75 Å². The van der Waals surface area contributed by atoms with Crippen molar-refractivity contribution in [1.82, 2.24) is 14.8 Å². The van der Waals surface area contributed by atoms with Gasteiger partial charge in [-0.2, -0.15) is 10.1 Å². The van der Waals surface area contributed by atoms with E-state index in [2.05, 4.69) is 10.1 Å². The Morgan fingerprint density at radius 2 is 1.86 bits per heavy atom. The third-order valence-corrected chi connectivity index (χ3v) is 5.99. The third kappa shape index (κ3) is 3.17. The normalized spacial score (nSPS) is 21.0. The summed E-state index contributed by atoms with van der Waals surface area (Å²) in [4.78, 5) is 19.5. The molecule has 2 aromatic carbocycles. The minimum absolute atomic E-state index is 0.0813. The number of aromatic nitrogens is 3. The van der Waals surface area contributed by atoms with E-state index in [9.17, 15) is 4.79 Å². The van der Waals surface area contributed by atoms with Crippen LogP contribution in [0.5, 0.6) is 5.75 Å². The SMILES string of the molecule is COc1ccccc1C1CC(c2ccc(Cl)cc2)N(C(=O)C2CC2)c2ncnn21. The van der Waals surface area contributed by atoms with Crippen molar-refractivity contribution in [3.05, 3.63) is 71.0 Å². The summed E-state index contributed by atoms with van der Waals surface area (Å²) in [6, 6.07) is 15.4. The molecule has 6 nitrogen and oxygen atoms in total. The zero-order chi connectivity index (χ0) is 20.0. The Morgan fingerprint density at radius 1 is 1.10 bits per heavy atom. The largest absolute Gasteiger partial charge is 0.496 e. The number of nitrogens with zero attached hydrogens (tertiary/aromatic N) is 4. The fraction of sp³-hybridized carbons (Fsp3) is 0.318. The number of halogens is 1. The Kier molecular flexibility index (Phi) is 4.51. The van der Waals surface area contributed by atoms with Gasteiger partial charge >= 0.3 is 0 Å². The predicted molar refractivity (Wildman–Crippen MR) is 110 cm³/mol. The number of anilines is 1. The van der Waals surface area contributed by atoms with E-state index < -0.39 is 0 Å². The highest BCUT2D eigenvalue weighted by Gasteiger charge is 2.44. The summed E-state index contributed by atoms with van der Waals surface area (Å²) in [7, 11) is 1.67. The summed E-state index contributed by atoms with van der Waals surface area (Å²) in [5.74, 6) is 1.59. The molecule has 1 saturated carbocycles. The quantitative estimate of drug-likeness (QED) is 0.641. The van der Waals surface area contributed by atoms with Gasteiger partial charge in [0.1, 0.15) is 12.1 Å². The van der Waals surface area contributed by atoms with Gasteiger partial charge in [0.05, 0.1) is 19.2 Å². The number of amides is 1. The standard InChI is InChI=1S/C22H21ClN4O2/c1-29-20-5-3-2-4-17(20)19-12-18(14-8-10-16(23)11-9-14)26(21(28)15-6-7-15)22-24-13-25-27(19)22/h2-5,8-11,13,15,18-19H,6-7,12H2,1H3. The van der Waals surface area contributed by atoms with Crippen LogP contribution in [-0.2, 0) is 4.79 Å². The molecular formula is C22H21ClN4O2. The zero-order valence-corrected chi connectivity index (χ0v) is 16.8. The van der Waals surface area contributed by atoms with Crippen LogP contribution >= 0.6 is 11.6 Å². The monoisotopic (exact) mass is 408 g/mol. The maximum absolute atomic E-state index is 13.2. The number of ether oxygens (including phenoxy) is 1. The van der Waals surface area contributed by atoms with E-state index in [-0.39, 0.29) is 23.9 Å². The Bertz CT molecular complexity index is 1040. The second-order valence-electron chi connectivity index (χ2n) is 7.55. The topological polar surface area (TPSA) is 60.2 Å². The van der Waals surface area contributed by atoms with Crippen LogP contribution in [0.2, 0.25) is 5.02 Å². The first-order valence-electron chi connectivity index (χ1n) is 9.78. The molecule has 0 bridgehead atoms. The first kappa shape index (κ1) is 18.2. The summed E-state index contributed by atoms with van der Waals surface area (Å²) in [5.41, 5.74) is 2.07. The average Bonchev–Trinajstić information content (AvgIpc) is 3.49. The third-order valence-electron chi connectivity index (χ3n) is 5.74. The Hall–Kier alpha value is -2.86. The molecule has 1 aliphatic carbocycles. The van der Waals surface area contributed by atoms with Crippen molar-refractivity contribution in [2.24, 2.45) is 5.92 Å². The van der Waals surface area contributed by atoms with Crippen LogP contribution in [0.25, 0.3) is 0 Å². The molecule has 2 heterocycles. The van der Waals surface area contributed by atoms with Crippen molar-refractivity contribution in [2.45, 2.75) is 31.3 Å². The van der Waals surface area contributed by atoms with Gasteiger partial charge in [0, 0.05) is 16.5 Å². The molecule has 0 N–H and O–H groups in total. The molecule has 1 aromatic heterocycles.